The molecule has 3 aromatic rings. The van der Waals surface area contributed by atoms with Crippen molar-refractivity contribution in [3.63, 3.8) is 0 Å². The van der Waals surface area contributed by atoms with Crippen molar-refractivity contribution in [3.8, 4) is 0 Å². The summed E-state index contributed by atoms with van der Waals surface area (Å²) in [4.78, 5) is 0. The first-order valence-corrected chi connectivity index (χ1v) is 4.31. The van der Waals surface area contributed by atoms with E-state index in [-0.39, 0.29) is 0 Å². The summed E-state index contributed by atoms with van der Waals surface area (Å²) in [6, 6.07) is 9.88. The average molecular weight is 186 g/mol. The molecule has 0 fully saturated rings. The lowest BCUT2D eigenvalue weighted by molar-refractivity contribution is 0.572. The molecule has 1 aromatic carbocycles. The number of benzene rings is 1. The van der Waals surface area contributed by atoms with Crippen LogP contribution in [0.5, 0.6) is 0 Å². The van der Waals surface area contributed by atoms with Gasteiger partial charge >= 0.3 is 0 Å². The SMILES string of the molecule is c1ccc2cocc2c1.c1cn[nH]c1. The molecule has 3 nitrogen and oxygen atoms in total. The smallest absolute Gasteiger partial charge is 0.0981 e. The molecule has 0 aliphatic rings. The summed E-state index contributed by atoms with van der Waals surface area (Å²) in [6.07, 6.45) is 6.95. The lowest BCUT2D eigenvalue weighted by atomic mass is 10.2. The molecule has 0 aliphatic heterocycles. The van der Waals surface area contributed by atoms with Crippen LogP contribution in [0, 0.1) is 0 Å². The minimum atomic E-state index is 1.16. The molecule has 0 bridgehead atoms. The zero-order valence-electron chi connectivity index (χ0n) is 7.55. The number of furan rings is 1. The fraction of sp³-hybridized carbons (Fsp3) is 0. The van der Waals surface area contributed by atoms with Gasteiger partial charge in [0.2, 0.25) is 0 Å². The molecular formula is C11H10N2O. The summed E-state index contributed by atoms with van der Waals surface area (Å²) in [7, 11) is 0. The maximum absolute atomic E-state index is 4.96. The minimum absolute atomic E-state index is 1.16. The molecule has 2 aromatic heterocycles. The molecule has 0 atom stereocenters. The van der Waals surface area contributed by atoms with E-state index in [9.17, 15) is 0 Å². The highest BCUT2D eigenvalue weighted by Gasteiger charge is 1.89. The van der Waals surface area contributed by atoms with E-state index in [1.807, 2.05) is 30.3 Å². The summed E-state index contributed by atoms with van der Waals surface area (Å²) >= 11 is 0. The van der Waals surface area contributed by atoms with Crippen molar-refractivity contribution in [1.29, 1.82) is 0 Å². The lowest BCUT2D eigenvalue weighted by Crippen LogP contribution is -1.57. The van der Waals surface area contributed by atoms with Gasteiger partial charge in [-0.1, -0.05) is 24.3 Å². The van der Waals surface area contributed by atoms with Gasteiger partial charge in [-0.2, -0.15) is 5.10 Å². The highest BCUT2D eigenvalue weighted by molar-refractivity contribution is 5.80. The van der Waals surface area contributed by atoms with Gasteiger partial charge in [0.15, 0.2) is 0 Å². The molecule has 0 aliphatic carbocycles. The predicted octanol–water partition coefficient (Wildman–Crippen LogP) is 2.84. The number of aromatic nitrogens is 2. The first-order valence-electron chi connectivity index (χ1n) is 4.31. The van der Waals surface area contributed by atoms with Crippen LogP contribution in [0.3, 0.4) is 0 Å². The minimum Gasteiger partial charge on any atom is -0.471 e. The zero-order chi connectivity index (χ0) is 9.64. The van der Waals surface area contributed by atoms with Crippen molar-refractivity contribution < 1.29 is 4.42 Å². The van der Waals surface area contributed by atoms with Gasteiger partial charge in [-0.05, 0) is 6.07 Å². The van der Waals surface area contributed by atoms with E-state index in [0.717, 1.165) is 10.8 Å². The summed E-state index contributed by atoms with van der Waals surface area (Å²) in [5, 5.41) is 8.54. The van der Waals surface area contributed by atoms with Gasteiger partial charge in [-0.3, -0.25) is 5.10 Å². The van der Waals surface area contributed by atoms with E-state index < -0.39 is 0 Å². The number of nitrogens with one attached hydrogen (secondary N) is 1. The number of fused-ring (bicyclic) bond motifs is 1. The van der Waals surface area contributed by atoms with Gasteiger partial charge < -0.3 is 4.42 Å². The van der Waals surface area contributed by atoms with E-state index >= 15 is 0 Å². The lowest BCUT2D eigenvalue weighted by Gasteiger charge is -1.80. The van der Waals surface area contributed by atoms with E-state index in [4.69, 9.17) is 4.42 Å². The van der Waals surface area contributed by atoms with Gasteiger partial charge in [0.25, 0.3) is 0 Å². The normalized spacial score (nSPS) is 9.43. The van der Waals surface area contributed by atoms with Crippen LogP contribution in [-0.4, -0.2) is 10.2 Å². The number of rotatable bonds is 0. The van der Waals surface area contributed by atoms with Crippen LogP contribution in [0.1, 0.15) is 0 Å². The van der Waals surface area contributed by atoms with Crippen LogP contribution < -0.4 is 0 Å². The maximum Gasteiger partial charge on any atom is 0.0981 e. The Morgan fingerprint density at radius 2 is 1.71 bits per heavy atom. The molecule has 0 unspecified atom stereocenters. The summed E-state index contributed by atoms with van der Waals surface area (Å²) in [5.74, 6) is 0. The topological polar surface area (TPSA) is 41.8 Å². The molecule has 3 heteroatoms. The Morgan fingerprint density at radius 1 is 1.00 bits per heavy atom. The first-order chi connectivity index (χ1) is 6.97. The van der Waals surface area contributed by atoms with Gasteiger partial charge in [0.05, 0.1) is 12.5 Å². The standard InChI is InChI=1S/C8H6O.C3H4N2/c1-2-4-8-6-9-5-7(8)3-1;1-2-4-5-3-1/h1-6H;1-3H,(H,4,5). The van der Waals surface area contributed by atoms with Gasteiger partial charge in [0.1, 0.15) is 0 Å². The summed E-state index contributed by atoms with van der Waals surface area (Å²) < 4.78 is 4.96. The van der Waals surface area contributed by atoms with Crippen molar-refractivity contribution in [1.82, 2.24) is 10.2 Å². The first kappa shape index (κ1) is 8.56. The highest BCUT2D eigenvalue weighted by Crippen LogP contribution is 2.12. The third kappa shape index (κ3) is 2.01. The molecule has 0 spiro atoms. The Kier molecular flexibility index (Phi) is 2.62. The molecule has 3 rings (SSSR count). The van der Waals surface area contributed by atoms with E-state index in [0.29, 0.717) is 0 Å². The number of aromatic amines is 1. The second-order valence-electron chi connectivity index (χ2n) is 2.77. The Labute approximate surface area is 81.4 Å². The average Bonchev–Trinajstić information content (AvgIpc) is 2.92. The van der Waals surface area contributed by atoms with Crippen molar-refractivity contribution in [3.05, 3.63) is 55.3 Å². The van der Waals surface area contributed by atoms with E-state index in [1.54, 1.807) is 24.9 Å². The zero-order valence-corrected chi connectivity index (χ0v) is 7.55. The fourth-order valence-electron chi connectivity index (χ4n) is 1.12. The van der Waals surface area contributed by atoms with Crippen LogP contribution in [0.15, 0.2) is 59.7 Å². The third-order valence-electron chi connectivity index (χ3n) is 1.79. The molecular weight excluding hydrogens is 176 g/mol. The Balaban J connectivity index is 0.000000128. The van der Waals surface area contributed by atoms with Crippen molar-refractivity contribution >= 4 is 10.8 Å². The molecule has 2 heterocycles. The Morgan fingerprint density at radius 3 is 2.14 bits per heavy atom. The fourth-order valence-corrected chi connectivity index (χ4v) is 1.12. The van der Waals surface area contributed by atoms with Gasteiger partial charge in [-0.15, -0.1) is 0 Å². The van der Waals surface area contributed by atoms with Crippen LogP contribution in [-0.2, 0) is 0 Å². The van der Waals surface area contributed by atoms with Crippen LogP contribution >= 0.6 is 0 Å². The molecule has 0 saturated carbocycles. The number of nitrogens with zero attached hydrogens (tertiary/aromatic N) is 1. The monoisotopic (exact) mass is 186 g/mol. The van der Waals surface area contributed by atoms with Crippen LogP contribution in [0.4, 0.5) is 0 Å². The number of H-pyrrole nitrogens is 1. The van der Waals surface area contributed by atoms with Gasteiger partial charge in [-0.25, -0.2) is 0 Å². The highest BCUT2D eigenvalue weighted by atomic mass is 16.3. The Bertz CT molecular complexity index is 423. The molecule has 14 heavy (non-hydrogen) atoms. The van der Waals surface area contributed by atoms with Crippen molar-refractivity contribution in [2.75, 3.05) is 0 Å². The molecule has 0 radical (unpaired) electrons. The second kappa shape index (κ2) is 4.28. The van der Waals surface area contributed by atoms with Crippen LogP contribution in [0.2, 0.25) is 0 Å². The van der Waals surface area contributed by atoms with Gasteiger partial charge in [0, 0.05) is 23.2 Å². The molecule has 70 valence electrons. The number of hydrogen-bond acceptors (Lipinski definition) is 2. The van der Waals surface area contributed by atoms with Crippen LogP contribution in [0.25, 0.3) is 10.8 Å². The summed E-state index contributed by atoms with van der Waals surface area (Å²) in [5.41, 5.74) is 0. The molecule has 1 N–H and O–H groups in total. The second-order valence-corrected chi connectivity index (χ2v) is 2.77. The predicted molar refractivity (Wildman–Crippen MR) is 54.8 cm³/mol. The summed E-state index contributed by atoms with van der Waals surface area (Å²) in [6.45, 7) is 0. The quantitative estimate of drug-likeness (QED) is 0.586. The van der Waals surface area contributed by atoms with Crippen molar-refractivity contribution in [2.24, 2.45) is 0 Å². The van der Waals surface area contributed by atoms with E-state index in [2.05, 4.69) is 10.2 Å². The Hall–Kier alpha value is -2.03. The number of hydrogen-bond donors (Lipinski definition) is 1. The maximum atomic E-state index is 4.96. The largest absolute Gasteiger partial charge is 0.471 e. The van der Waals surface area contributed by atoms with E-state index in [1.165, 1.54) is 0 Å². The van der Waals surface area contributed by atoms with Crippen molar-refractivity contribution in [2.45, 2.75) is 0 Å². The molecule has 0 amide bonds. The third-order valence-corrected chi connectivity index (χ3v) is 1.79. The molecule has 0 saturated heterocycles.